The maximum absolute atomic E-state index is 12.1. The van der Waals surface area contributed by atoms with Crippen LogP contribution in [0.2, 0.25) is 0 Å². The van der Waals surface area contributed by atoms with Crippen LogP contribution < -0.4 is 0 Å². The highest BCUT2D eigenvalue weighted by molar-refractivity contribution is 7.85. The Bertz CT molecular complexity index is 689. The monoisotopic (exact) mass is 371 g/mol. The minimum Gasteiger partial charge on any atom is -0.444 e. The maximum atomic E-state index is 12.1. The first-order chi connectivity index (χ1) is 11.5. The summed E-state index contributed by atoms with van der Waals surface area (Å²) < 4.78 is 32.1. The summed E-state index contributed by atoms with van der Waals surface area (Å²) in [6, 6.07) is 0. The van der Waals surface area contributed by atoms with Crippen molar-refractivity contribution < 1.29 is 22.1 Å². The van der Waals surface area contributed by atoms with Crippen LogP contribution in [-0.4, -0.2) is 54.3 Å². The zero-order valence-electron chi connectivity index (χ0n) is 15.1. The molecule has 8 nitrogen and oxygen atoms in total. The first-order valence-electron chi connectivity index (χ1n) is 8.17. The summed E-state index contributed by atoms with van der Waals surface area (Å²) in [7, 11) is -3.49. The van der Waals surface area contributed by atoms with Crippen molar-refractivity contribution in [1.29, 1.82) is 0 Å². The first kappa shape index (κ1) is 19.6. The fourth-order valence-corrected chi connectivity index (χ4v) is 2.82. The Morgan fingerprint density at radius 3 is 2.28 bits per heavy atom. The van der Waals surface area contributed by atoms with Crippen molar-refractivity contribution >= 4 is 16.2 Å². The minimum atomic E-state index is -3.49. The topological polar surface area (TPSA) is 98.7 Å². The lowest BCUT2D eigenvalue weighted by Crippen LogP contribution is -2.41. The molecule has 0 spiro atoms. The van der Waals surface area contributed by atoms with Crippen LogP contribution in [0.15, 0.2) is 12.4 Å². The molecule has 0 unspecified atom stereocenters. The number of hydrogen-bond donors (Lipinski definition) is 0. The van der Waals surface area contributed by atoms with E-state index in [2.05, 4.69) is 9.97 Å². The van der Waals surface area contributed by atoms with E-state index < -0.39 is 15.7 Å². The van der Waals surface area contributed by atoms with Gasteiger partial charge >= 0.3 is 6.09 Å². The zero-order chi connectivity index (χ0) is 18.7. The highest BCUT2D eigenvalue weighted by Gasteiger charge is 2.28. The molecule has 0 aromatic carbocycles. The van der Waals surface area contributed by atoms with Crippen molar-refractivity contribution in [3.05, 3.63) is 23.8 Å². The first-order valence-corrected chi connectivity index (χ1v) is 9.98. The molecule has 0 atom stereocenters. The molecule has 1 saturated heterocycles. The Morgan fingerprint density at radius 2 is 1.80 bits per heavy atom. The summed E-state index contributed by atoms with van der Waals surface area (Å²) in [5.74, 6) is 0.871. The number of rotatable bonds is 4. The SMILES string of the molecule is CC(C)(C)OC(=O)N1CCC(c2ncc(COS(C)(=O)=O)cn2)CC1. The molecule has 1 aliphatic rings. The van der Waals surface area contributed by atoms with Crippen molar-refractivity contribution in [2.45, 2.75) is 51.7 Å². The third kappa shape index (κ3) is 6.58. The van der Waals surface area contributed by atoms with Crippen molar-refractivity contribution in [2.75, 3.05) is 19.3 Å². The number of hydrogen-bond acceptors (Lipinski definition) is 7. The molecular formula is C16H25N3O5S. The molecule has 0 aliphatic carbocycles. The van der Waals surface area contributed by atoms with E-state index >= 15 is 0 Å². The molecule has 0 N–H and O–H groups in total. The Hall–Kier alpha value is -1.74. The molecule has 1 fully saturated rings. The third-order valence-corrected chi connectivity index (χ3v) is 4.22. The molecule has 140 valence electrons. The number of carbonyl (C=O) groups excluding carboxylic acids is 1. The maximum Gasteiger partial charge on any atom is 0.410 e. The van der Waals surface area contributed by atoms with Gasteiger partial charge in [-0.05, 0) is 33.6 Å². The Balaban J connectivity index is 1.87. The van der Waals surface area contributed by atoms with Crippen LogP contribution in [0.1, 0.15) is 50.9 Å². The van der Waals surface area contributed by atoms with Gasteiger partial charge in [0.15, 0.2) is 0 Å². The number of piperidine rings is 1. The van der Waals surface area contributed by atoms with E-state index in [-0.39, 0.29) is 18.6 Å². The van der Waals surface area contributed by atoms with E-state index in [0.29, 0.717) is 24.5 Å². The van der Waals surface area contributed by atoms with Crippen LogP contribution in [0.4, 0.5) is 4.79 Å². The van der Waals surface area contributed by atoms with E-state index in [1.54, 1.807) is 17.3 Å². The van der Waals surface area contributed by atoms with Gasteiger partial charge in [-0.15, -0.1) is 0 Å². The van der Waals surface area contributed by atoms with E-state index in [1.807, 2.05) is 20.8 Å². The van der Waals surface area contributed by atoms with E-state index in [0.717, 1.165) is 19.1 Å². The normalized spacial score (nSPS) is 16.7. The van der Waals surface area contributed by atoms with Crippen LogP contribution >= 0.6 is 0 Å². The van der Waals surface area contributed by atoms with Crippen molar-refractivity contribution in [1.82, 2.24) is 14.9 Å². The van der Waals surface area contributed by atoms with Gasteiger partial charge in [0.2, 0.25) is 0 Å². The molecule has 2 rings (SSSR count). The fraction of sp³-hybridized carbons (Fsp3) is 0.688. The zero-order valence-corrected chi connectivity index (χ0v) is 15.9. The lowest BCUT2D eigenvalue weighted by atomic mass is 9.96. The summed E-state index contributed by atoms with van der Waals surface area (Å²) >= 11 is 0. The van der Waals surface area contributed by atoms with E-state index in [9.17, 15) is 13.2 Å². The van der Waals surface area contributed by atoms with Gasteiger partial charge in [0.1, 0.15) is 11.4 Å². The molecule has 2 heterocycles. The number of amides is 1. The lowest BCUT2D eigenvalue weighted by Gasteiger charge is -2.32. The Kier molecular flexibility index (Phi) is 5.99. The van der Waals surface area contributed by atoms with Crippen LogP contribution in [0.5, 0.6) is 0 Å². The molecule has 1 amide bonds. The van der Waals surface area contributed by atoms with Crippen molar-refractivity contribution in [3.8, 4) is 0 Å². The van der Waals surface area contributed by atoms with Crippen LogP contribution in [-0.2, 0) is 25.6 Å². The number of ether oxygens (including phenoxy) is 1. The molecular weight excluding hydrogens is 346 g/mol. The fourth-order valence-electron chi connectivity index (χ4n) is 2.47. The molecule has 1 aromatic heterocycles. The summed E-state index contributed by atoms with van der Waals surface area (Å²) in [6.45, 7) is 6.67. The van der Waals surface area contributed by atoms with Gasteiger partial charge in [0, 0.05) is 37.0 Å². The summed E-state index contributed by atoms with van der Waals surface area (Å²) in [5, 5.41) is 0. The average molecular weight is 371 g/mol. The predicted octanol–water partition coefficient (Wildman–Crippen LogP) is 2.07. The smallest absolute Gasteiger partial charge is 0.410 e. The highest BCUT2D eigenvalue weighted by Crippen LogP contribution is 2.26. The Morgan fingerprint density at radius 1 is 1.24 bits per heavy atom. The molecule has 0 radical (unpaired) electrons. The summed E-state index contributed by atoms with van der Waals surface area (Å²) in [4.78, 5) is 22.4. The summed E-state index contributed by atoms with van der Waals surface area (Å²) in [5.41, 5.74) is 0.0985. The number of nitrogens with zero attached hydrogens (tertiary/aromatic N) is 3. The van der Waals surface area contributed by atoms with Gasteiger partial charge in [-0.1, -0.05) is 0 Å². The minimum absolute atomic E-state index is 0.0732. The van der Waals surface area contributed by atoms with E-state index in [1.165, 1.54) is 0 Å². The second-order valence-electron chi connectivity index (χ2n) is 7.16. The van der Waals surface area contributed by atoms with Crippen molar-refractivity contribution in [3.63, 3.8) is 0 Å². The van der Waals surface area contributed by atoms with Gasteiger partial charge in [-0.2, -0.15) is 8.42 Å². The van der Waals surface area contributed by atoms with Crippen molar-refractivity contribution in [2.24, 2.45) is 0 Å². The quantitative estimate of drug-likeness (QED) is 0.747. The van der Waals surface area contributed by atoms with E-state index in [4.69, 9.17) is 8.92 Å². The standard InChI is InChI=1S/C16H25N3O5S/c1-16(2,3)24-15(20)19-7-5-13(6-8-19)14-17-9-12(10-18-14)11-23-25(4,21)22/h9-10,13H,5-8,11H2,1-4H3. The van der Waals surface area contributed by atoms with Gasteiger partial charge in [0.05, 0.1) is 12.9 Å². The van der Waals surface area contributed by atoms with Gasteiger partial charge in [-0.3, -0.25) is 4.18 Å². The average Bonchev–Trinajstić information content (AvgIpc) is 2.51. The third-order valence-electron chi connectivity index (χ3n) is 3.68. The molecule has 9 heteroatoms. The molecule has 0 saturated carbocycles. The number of aromatic nitrogens is 2. The molecule has 25 heavy (non-hydrogen) atoms. The van der Waals surface area contributed by atoms with Gasteiger partial charge < -0.3 is 9.64 Å². The summed E-state index contributed by atoms with van der Waals surface area (Å²) in [6.07, 6.45) is 5.39. The highest BCUT2D eigenvalue weighted by atomic mass is 32.2. The Labute approximate surface area is 148 Å². The number of likely N-dealkylation sites (tertiary alicyclic amines) is 1. The molecule has 1 aromatic rings. The largest absolute Gasteiger partial charge is 0.444 e. The number of carbonyl (C=O) groups is 1. The van der Waals surface area contributed by atoms with Crippen LogP contribution in [0.25, 0.3) is 0 Å². The van der Waals surface area contributed by atoms with Crippen LogP contribution in [0, 0.1) is 0 Å². The van der Waals surface area contributed by atoms with Gasteiger partial charge in [0.25, 0.3) is 10.1 Å². The second kappa shape index (κ2) is 7.65. The van der Waals surface area contributed by atoms with Gasteiger partial charge in [-0.25, -0.2) is 14.8 Å². The second-order valence-corrected chi connectivity index (χ2v) is 8.80. The molecule has 1 aliphatic heterocycles. The predicted molar refractivity (Wildman–Crippen MR) is 91.4 cm³/mol. The van der Waals surface area contributed by atoms with Crippen LogP contribution in [0.3, 0.4) is 0 Å². The lowest BCUT2D eigenvalue weighted by molar-refractivity contribution is 0.0203. The molecule has 0 bridgehead atoms.